The van der Waals surface area contributed by atoms with Crippen molar-refractivity contribution in [2.24, 2.45) is 10.2 Å². The lowest BCUT2D eigenvalue weighted by Gasteiger charge is -2.19. The Labute approximate surface area is 159 Å². The van der Waals surface area contributed by atoms with Gasteiger partial charge in [0.2, 0.25) is 0 Å². The van der Waals surface area contributed by atoms with Crippen LogP contribution in [0.1, 0.15) is 36.6 Å². The monoisotopic (exact) mass is 385 g/mol. The summed E-state index contributed by atoms with van der Waals surface area (Å²) in [5.74, 6) is 1.57. The summed E-state index contributed by atoms with van der Waals surface area (Å²) in [4.78, 5) is 0. The fourth-order valence-electron chi connectivity index (χ4n) is 3.21. The lowest BCUT2D eigenvalue weighted by molar-refractivity contribution is 0.171. The number of nitrogens with zero attached hydrogens (tertiary/aromatic N) is 2. The van der Waals surface area contributed by atoms with Crippen LogP contribution >= 0.6 is 0 Å². The van der Waals surface area contributed by atoms with E-state index in [2.05, 4.69) is 15.0 Å². The summed E-state index contributed by atoms with van der Waals surface area (Å²) in [5, 5.41) is 10.6. The van der Waals surface area contributed by atoms with Gasteiger partial charge in [-0.3, -0.25) is 0 Å². The fraction of sp³-hybridized carbons (Fsp3) is 0.350. The zero-order chi connectivity index (χ0) is 18.9. The van der Waals surface area contributed by atoms with Crippen molar-refractivity contribution < 1.29 is 13.7 Å². The largest absolute Gasteiger partial charge is 0.486 e. The first-order chi connectivity index (χ1) is 13.0. The van der Waals surface area contributed by atoms with Crippen LogP contribution in [0.3, 0.4) is 0 Å². The van der Waals surface area contributed by atoms with Gasteiger partial charge in [0, 0.05) is 28.1 Å². The van der Waals surface area contributed by atoms with Crippen LogP contribution in [0.15, 0.2) is 52.7 Å². The summed E-state index contributed by atoms with van der Waals surface area (Å²) in [6.07, 6.45) is 2.50. The molecule has 3 unspecified atom stereocenters. The van der Waals surface area contributed by atoms with Crippen LogP contribution in [0, 0.1) is 0 Å². The van der Waals surface area contributed by atoms with Crippen molar-refractivity contribution in [1.82, 2.24) is 0 Å². The van der Waals surface area contributed by atoms with E-state index in [1.807, 2.05) is 42.5 Å². The molecule has 1 N–H and O–H groups in total. The van der Waals surface area contributed by atoms with Gasteiger partial charge in [-0.15, -0.1) is 0 Å². The molecular formula is C20H23N3O3S. The van der Waals surface area contributed by atoms with E-state index in [1.165, 1.54) is 0 Å². The van der Waals surface area contributed by atoms with Crippen molar-refractivity contribution >= 4 is 20.8 Å². The minimum atomic E-state index is -2.15. The van der Waals surface area contributed by atoms with Gasteiger partial charge in [-0.1, -0.05) is 18.2 Å². The molecule has 6 nitrogen and oxygen atoms in total. The summed E-state index contributed by atoms with van der Waals surface area (Å²) >= 11 is 0. The summed E-state index contributed by atoms with van der Waals surface area (Å²) in [7, 11) is -2.15. The molecule has 0 saturated heterocycles. The second-order valence-electron chi connectivity index (χ2n) is 6.77. The number of hydrogen-bond donors (Lipinski definition) is 1. The van der Waals surface area contributed by atoms with Gasteiger partial charge in [-0.25, -0.2) is 4.21 Å². The summed E-state index contributed by atoms with van der Waals surface area (Å²) < 4.78 is 26.4. The number of benzene rings is 2. The minimum absolute atomic E-state index is 0.0210. The van der Waals surface area contributed by atoms with E-state index in [4.69, 9.17) is 9.47 Å². The Morgan fingerprint density at radius 1 is 1.00 bits per heavy atom. The normalized spacial score (nSPS) is 22.9. The lowest BCUT2D eigenvalue weighted by Crippen LogP contribution is -2.15. The van der Waals surface area contributed by atoms with Crippen molar-refractivity contribution in [2.45, 2.75) is 25.4 Å². The second kappa shape index (κ2) is 7.23. The average Bonchev–Trinajstić information content (AvgIpc) is 3.18. The molecule has 0 amide bonds. The maximum atomic E-state index is 12.1. The number of fused-ring (bicyclic) bond motifs is 1. The Bertz CT molecular complexity index is 978. The highest BCUT2D eigenvalue weighted by atomic mass is 32.2. The van der Waals surface area contributed by atoms with Gasteiger partial charge in [0.25, 0.3) is 0 Å². The van der Waals surface area contributed by atoms with Crippen LogP contribution in [-0.4, -0.2) is 29.0 Å². The van der Waals surface area contributed by atoms with Gasteiger partial charge < -0.3 is 14.2 Å². The molecule has 2 aliphatic heterocycles. The first-order valence-corrected chi connectivity index (χ1v) is 11.0. The Balaban J connectivity index is 1.45. The Morgan fingerprint density at radius 3 is 2.33 bits per heavy atom. The quantitative estimate of drug-likeness (QED) is 0.803. The molecule has 4 rings (SSSR count). The van der Waals surface area contributed by atoms with E-state index in [0.29, 0.717) is 13.2 Å². The van der Waals surface area contributed by atoms with Crippen LogP contribution in [0.5, 0.6) is 11.5 Å². The maximum Gasteiger partial charge on any atom is 0.161 e. The molecule has 0 bridgehead atoms. The van der Waals surface area contributed by atoms with Crippen molar-refractivity contribution in [3.63, 3.8) is 0 Å². The van der Waals surface area contributed by atoms with E-state index in [-0.39, 0.29) is 12.1 Å². The second-order valence-corrected chi connectivity index (χ2v) is 9.25. The third kappa shape index (κ3) is 3.93. The topological polar surface area (TPSA) is 72.3 Å². The molecule has 0 saturated carbocycles. The molecule has 0 radical (unpaired) electrons. The van der Waals surface area contributed by atoms with Gasteiger partial charge in [0.05, 0.1) is 12.1 Å². The molecule has 3 atom stereocenters. The van der Waals surface area contributed by atoms with Gasteiger partial charge in [0.1, 0.15) is 13.2 Å². The summed E-state index contributed by atoms with van der Waals surface area (Å²) in [5.41, 5.74) is 3.03. The smallest absolute Gasteiger partial charge is 0.161 e. The summed E-state index contributed by atoms with van der Waals surface area (Å²) in [6, 6.07) is 13.9. The predicted octanol–water partition coefficient (Wildman–Crippen LogP) is 4.16. The fourth-order valence-corrected chi connectivity index (χ4v) is 3.93. The van der Waals surface area contributed by atoms with E-state index >= 15 is 0 Å². The molecule has 2 heterocycles. The highest BCUT2D eigenvalue weighted by Crippen LogP contribution is 2.41. The van der Waals surface area contributed by atoms with E-state index in [9.17, 15) is 4.21 Å². The third-order valence-electron chi connectivity index (χ3n) is 4.81. The van der Waals surface area contributed by atoms with Gasteiger partial charge in [-0.05, 0) is 47.7 Å². The molecule has 7 heteroatoms. The lowest BCUT2D eigenvalue weighted by atomic mass is 9.97. The molecule has 2 aromatic carbocycles. The van der Waals surface area contributed by atoms with E-state index < -0.39 is 9.71 Å². The van der Waals surface area contributed by atoms with Crippen molar-refractivity contribution in [2.75, 3.05) is 24.2 Å². The molecule has 0 fully saturated rings. The van der Waals surface area contributed by atoms with Crippen molar-refractivity contribution in [3.05, 3.63) is 53.6 Å². The highest BCUT2D eigenvalue weighted by Gasteiger charge is 2.26. The van der Waals surface area contributed by atoms with Crippen molar-refractivity contribution in [3.8, 4) is 11.5 Å². The van der Waals surface area contributed by atoms with Gasteiger partial charge >= 0.3 is 0 Å². The third-order valence-corrected chi connectivity index (χ3v) is 6.35. The molecule has 2 aromatic rings. The predicted molar refractivity (Wildman–Crippen MR) is 108 cm³/mol. The molecule has 142 valence electrons. The molecule has 0 aliphatic carbocycles. The number of azo groups is 1. The molecule has 0 aromatic heterocycles. The average molecular weight is 385 g/mol. The van der Waals surface area contributed by atoms with Crippen LogP contribution < -0.4 is 14.2 Å². The number of ether oxygens (including phenoxy) is 2. The number of anilines is 1. The summed E-state index contributed by atoms with van der Waals surface area (Å²) in [6.45, 7) is 2.96. The SMILES string of the molecule is CC=S(C)(=O)Nc1ccc(C2CC(c3ccc4c(c3)OCCO4)N=N2)cc1. The molecule has 0 spiro atoms. The van der Waals surface area contributed by atoms with Crippen LogP contribution in [-0.2, 0) is 9.71 Å². The van der Waals surface area contributed by atoms with E-state index in [1.54, 1.807) is 18.5 Å². The first kappa shape index (κ1) is 17.9. The zero-order valence-electron chi connectivity index (χ0n) is 15.4. The number of hydrogen-bond acceptors (Lipinski definition) is 5. The standard InChI is InChI=1S/C20H23N3O3S/c1-3-27(2,24)23-16-7-4-14(5-8-16)17-13-18(22-21-17)15-6-9-19-20(12-15)26-11-10-25-19/h3-9,12,17-18H,10-11,13H2,1-2H3,(H,23,24). The van der Waals surface area contributed by atoms with Gasteiger partial charge in [0.15, 0.2) is 11.5 Å². The van der Waals surface area contributed by atoms with Crippen LogP contribution in [0.25, 0.3) is 0 Å². The minimum Gasteiger partial charge on any atom is -0.486 e. The van der Waals surface area contributed by atoms with Gasteiger partial charge in [-0.2, -0.15) is 10.2 Å². The number of nitrogens with one attached hydrogen (secondary N) is 1. The van der Waals surface area contributed by atoms with Crippen molar-refractivity contribution in [1.29, 1.82) is 0 Å². The van der Waals surface area contributed by atoms with Crippen LogP contribution in [0.2, 0.25) is 0 Å². The first-order valence-electron chi connectivity index (χ1n) is 9.00. The van der Waals surface area contributed by atoms with Crippen LogP contribution in [0.4, 0.5) is 5.69 Å². The maximum absolute atomic E-state index is 12.1. The molecular weight excluding hydrogens is 362 g/mol. The Kier molecular flexibility index (Phi) is 4.78. The highest BCUT2D eigenvalue weighted by molar-refractivity contribution is 8.01. The zero-order valence-corrected chi connectivity index (χ0v) is 16.2. The molecule has 27 heavy (non-hydrogen) atoms. The number of rotatable bonds is 4. The Hall–Kier alpha value is -2.54. The molecule has 2 aliphatic rings. The van der Waals surface area contributed by atoms with E-state index in [0.717, 1.165) is 34.7 Å². The Morgan fingerprint density at radius 2 is 1.63 bits per heavy atom.